The fourth-order valence-electron chi connectivity index (χ4n) is 1.89. The second-order valence-corrected chi connectivity index (χ2v) is 19.9. The highest BCUT2D eigenvalue weighted by molar-refractivity contribution is 9.23. The van der Waals surface area contributed by atoms with Crippen LogP contribution in [0.25, 0.3) is 0 Å². The lowest BCUT2D eigenvalue weighted by Gasteiger charge is -2.20. The summed E-state index contributed by atoms with van der Waals surface area (Å²) in [5.41, 5.74) is 0. The molecule has 0 spiro atoms. The molecule has 116 valence electrons. The van der Waals surface area contributed by atoms with Crippen molar-refractivity contribution in [1.82, 2.24) is 0 Å². The predicted octanol–water partition coefficient (Wildman–Crippen LogP) is 7.59. The van der Waals surface area contributed by atoms with Crippen molar-refractivity contribution in [2.75, 3.05) is 0 Å². The van der Waals surface area contributed by atoms with Gasteiger partial charge in [0, 0.05) is 14.7 Å². The van der Waals surface area contributed by atoms with Gasteiger partial charge >= 0.3 is 0 Å². The second-order valence-electron chi connectivity index (χ2n) is 4.66. The molecule has 0 aliphatic heterocycles. The van der Waals surface area contributed by atoms with Crippen molar-refractivity contribution in [3.8, 4) is 0 Å². The van der Waals surface area contributed by atoms with E-state index in [4.69, 9.17) is 11.8 Å². The van der Waals surface area contributed by atoms with E-state index in [2.05, 4.69) is 72.8 Å². The van der Waals surface area contributed by atoms with Gasteiger partial charge in [-0.05, 0) is 36.4 Å². The maximum absolute atomic E-state index is 6.15. The minimum Gasteiger partial charge on any atom is -0.0673 e. The first-order valence-corrected chi connectivity index (χ1v) is 14.1. The topological polar surface area (TPSA) is 0 Å². The molecule has 0 fully saturated rings. The van der Waals surface area contributed by atoms with Gasteiger partial charge in [0.25, 0.3) is 0 Å². The lowest BCUT2D eigenvalue weighted by atomic mass is 10.4. The molecule has 3 rings (SSSR count). The average molecular weight is 391 g/mol. The smallest absolute Gasteiger partial charge is 0.0673 e. The number of rotatable bonds is 6. The van der Waals surface area contributed by atoms with Crippen LogP contribution in [0.2, 0.25) is 0 Å². The Morgan fingerprint density at radius 3 is 1.00 bits per heavy atom. The van der Waals surface area contributed by atoms with E-state index in [9.17, 15) is 0 Å². The lowest BCUT2D eigenvalue weighted by Crippen LogP contribution is -1.73. The Morgan fingerprint density at radius 2 is 0.739 bits per heavy atom. The molecule has 0 saturated carbocycles. The van der Waals surface area contributed by atoms with Crippen molar-refractivity contribution in [3.63, 3.8) is 0 Å². The van der Waals surface area contributed by atoms with Crippen LogP contribution in [0.3, 0.4) is 0 Å². The first-order chi connectivity index (χ1) is 11.2. The van der Waals surface area contributed by atoms with Gasteiger partial charge in [-0.15, -0.1) is 0 Å². The third-order valence-corrected chi connectivity index (χ3v) is 14.9. The van der Waals surface area contributed by atoms with E-state index < -0.39 is 3.64 Å². The van der Waals surface area contributed by atoms with Crippen LogP contribution in [-0.2, 0) is 11.8 Å². The van der Waals surface area contributed by atoms with Gasteiger partial charge in [-0.2, -0.15) is 0 Å². The van der Waals surface area contributed by atoms with Crippen molar-refractivity contribution < 1.29 is 0 Å². The van der Waals surface area contributed by atoms with Crippen LogP contribution in [0.5, 0.6) is 0 Å². The third kappa shape index (κ3) is 5.44. The van der Waals surface area contributed by atoms with Crippen LogP contribution in [0.1, 0.15) is 0 Å². The summed E-state index contributed by atoms with van der Waals surface area (Å²) in [5, 5.41) is 0. The van der Waals surface area contributed by atoms with E-state index in [0.29, 0.717) is 0 Å². The van der Waals surface area contributed by atoms with E-state index in [0.717, 1.165) is 0 Å². The Labute approximate surface area is 154 Å². The molecule has 0 N–H and O–H groups in total. The Bertz CT molecular complexity index is 668. The fraction of sp³-hybridized carbons (Fsp3) is 0. The average Bonchev–Trinajstić information content (AvgIpc) is 2.57. The van der Waals surface area contributed by atoms with Gasteiger partial charge in [0.2, 0.25) is 0 Å². The van der Waals surface area contributed by atoms with Crippen molar-refractivity contribution >= 4 is 49.6 Å². The van der Waals surface area contributed by atoms with E-state index >= 15 is 0 Å². The van der Waals surface area contributed by atoms with Gasteiger partial charge in [0.1, 0.15) is 3.64 Å². The zero-order valence-electron chi connectivity index (χ0n) is 12.2. The zero-order valence-corrected chi connectivity index (χ0v) is 16.4. The van der Waals surface area contributed by atoms with Gasteiger partial charge in [-0.1, -0.05) is 101 Å². The molecule has 0 bridgehead atoms. The third-order valence-electron chi connectivity index (χ3n) is 2.88. The van der Waals surface area contributed by atoms with Crippen molar-refractivity contribution in [2.24, 2.45) is 0 Å². The SMILES string of the molecule is S=P(Sc1ccccc1)(Sc1ccccc1)Sc1ccccc1. The Morgan fingerprint density at radius 1 is 0.478 bits per heavy atom. The van der Waals surface area contributed by atoms with Gasteiger partial charge in [-0.25, -0.2) is 0 Å². The van der Waals surface area contributed by atoms with E-state index in [1.807, 2.05) is 52.3 Å². The summed E-state index contributed by atoms with van der Waals surface area (Å²) in [6, 6.07) is 31.4. The van der Waals surface area contributed by atoms with E-state index in [-0.39, 0.29) is 0 Å². The van der Waals surface area contributed by atoms with Gasteiger partial charge in [-0.3, -0.25) is 0 Å². The summed E-state index contributed by atoms with van der Waals surface area (Å²) < 4.78 is -1.80. The molecular formula is C18H15PS4. The summed E-state index contributed by atoms with van der Waals surface area (Å²) in [4.78, 5) is 3.72. The molecule has 5 heteroatoms. The quantitative estimate of drug-likeness (QED) is 0.397. The summed E-state index contributed by atoms with van der Waals surface area (Å²) >= 11 is 11.6. The van der Waals surface area contributed by atoms with Gasteiger partial charge in [0.15, 0.2) is 0 Å². The summed E-state index contributed by atoms with van der Waals surface area (Å²) in [6.45, 7) is 0. The Hall–Kier alpha value is -0.640. The fourth-order valence-corrected chi connectivity index (χ4v) is 15.3. The molecule has 0 radical (unpaired) electrons. The number of hydrogen-bond acceptors (Lipinski definition) is 4. The monoisotopic (exact) mass is 390 g/mol. The van der Waals surface area contributed by atoms with E-state index in [1.165, 1.54) is 14.7 Å². The van der Waals surface area contributed by atoms with Crippen LogP contribution >= 0.6 is 37.8 Å². The van der Waals surface area contributed by atoms with E-state index in [1.54, 1.807) is 0 Å². The summed E-state index contributed by atoms with van der Waals surface area (Å²) in [7, 11) is 0. The summed E-state index contributed by atoms with van der Waals surface area (Å²) in [5.74, 6) is 0. The lowest BCUT2D eigenvalue weighted by molar-refractivity contribution is 1.47. The number of hydrogen-bond donors (Lipinski definition) is 0. The van der Waals surface area contributed by atoms with Crippen LogP contribution in [-0.4, -0.2) is 0 Å². The zero-order chi connectivity index (χ0) is 16.0. The van der Waals surface area contributed by atoms with Crippen LogP contribution in [0, 0.1) is 0 Å². The molecule has 0 aliphatic carbocycles. The molecule has 3 aromatic carbocycles. The standard InChI is InChI=1S/C18H15PS4/c20-19(21-16-10-4-1-5-11-16,22-17-12-6-2-7-13-17)23-18-14-8-3-9-15-18/h1-15H. The molecule has 3 aromatic rings. The maximum Gasteiger partial charge on any atom is 0.123 e. The van der Waals surface area contributed by atoms with Crippen LogP contribution in [0.15, 0.2) is 106 Å². The highest BCUT2D eigenvalue weighted by Crippen LogP contribution is 2.82. The number of benzene rings is 3. The second kappa shape index (κ2) is 8.46. The highest BCUT2D eigenvalue weighted by Gasteiger charge is 2.22. The minimum atomic E-state index is -1.80. The Kier molecular flexibility index (Phi) is 6.32. The molecule has 0 unspecified atom stereocenters. The highest BCUT2D eigenvalue weighted by atomic mass is 33.5. The van der Waals surface area contributed by atoms with Gasteiger partial charge < -0.3 is 0 Å². The maximum atomic E-state index is 6.15. The van der Waals surface area contributed by atoms with Crippen molar-refractivity contribution in [2.45, 2.75) is 14.7 Å². The normalized spacial score (nSPS) is 11.3. The molecule has 0 atom stereocenters. The largest absolute Gasteiger partial charge is 0.123 e. The first kappa shape index (κ1) is 17.2. The molecule has 0 saturated heterocycles. The molecular weight excluding hydrogens is 375 g/mol. The molecule has 0 nitrogen and oxygen atoms in total. The molecule has 0 aromatic heterocycles. The van der Waals surface area contributed by atoms with Crippen molar-refractivity contribution in [1.29, 1.82) is 0 Å². The minimum absolute atomic E-state index is 1.24. The Balaban J connectivity index is 1.87. The molecule has 0 amide bonds. The first-order valence-electron chi connectivity index (χ1n) is 7.07. The molecule has 0 aliphatic rings. The molecule has 23 heavy (non-hydrogen) atoms. The molecule has 0 heterocycles. The van der Waals surface area contributed by atoms with Crippen LogP contribution in [0.4, 0.5) is 0 Å². The summed E-state index contributed by atoms with van der Waals surface area (Å²) in [6.07, 6.45) is 0. The van der Waals surface area contributed by atoms with Crippen molar-refractivity contribution in [3.05, 3.63) is 91.0 Å². The van der Waals surface area contributed by atoms with Crippen LogP contribution < -0.4 is 0 Å². The predicted molar refractivity (Wildman–Crippen MR) is 111 cm³/mol. The van der Waals surface area contributed by atoms with Gasteiger partial charge in [0.05, 0.1) is 0 Å².